The molecule has 0 atom stereocenters. The van der Waals surface area contributed by atoms with Crippen LogP contribution < -0.4 is 20.1 Å². The summed E-state index contributed by atoms with van der Waals surface area (Å²) in [4.78, 5) is 24.7. The summed E-state index contributed by atoms with van der Waals surface area (Å²) < 4.78 is 41.0. The molecule has 0 bridgehead atoms. The molecule has 0 saturated heterocycles. The van der Waals surface area contributed by atoms with Crippen LogP contribution in [0.3, 0.4) is 0 Å². The van der Waals surface area contributed by atoms with E-state index < -0.39 is 9.84 Å². The molecule has 1 fully saturated rings. The van der Waals surface area contributed by atoms with E-state index in [1.165, 1.54) is 13.0 Å². The summed E-state index contributed by atoms with van der Waals surface area (Å²) in [6, 6.07) is 8.23. The van der Waals surface area contributed by atoms with Crippen molar-refractivity contribution >= 4 is 33.1 Å². The Bertz CT molecular complexity index is 1360. The zero-order valence-corrected chi connectivity index (χ0v) is 21.7. The summed E-state index contributed by atoms with van der Waals surface area (Å²) in [5.41, 5.74) is 1.68. The number of aromatic nitrogens is 3. The van der Waals surface area contributed by atoms with Gasteiger partial charge in [0.1, 0.15) is 29.7 Å². The van der Waals surface area contributed by atoms with E-state index in [0.29, 0.717) is 60.0 Å². The van der Waals surface area contributed by atoms with E-state index in [-0.39, 0.29) is 16.8 Å². The first-order valence-corrected chi connectivity index (χ1v) is 13.6. The lowest BCUT2D eigenvalue weighted by Gasteiger charge is -2.15. The molecule has 0 radical (unpaired) electrons. The van der Waals surface area contributed by atoms with E-state index in [9.17, 15) is 13.2 Å². The number of rotatable bonds is 12. The second-order valence-corrected chi connectivity index (χ2v) is 10.7. The van der Waals surface area contributed by atoms with Crippen LogP contribution in [0.4, 0.5) is 17.3 Å². The SMILES string of the molecule is COCCOc1ccc(-c2cnc(NC(C)=O)cc2Nc2cc(OCC3CC3)cc(S(C)(=O)=O)n2)nc1. The first-order valence-electron chi connectivity index (χ1n) is 11.7. The number of amides is 1. The normalized spacial score (nSPS) is 13.2. The summed E-state index contributed by atoms with van der Waals surface area (Å²) in [7, 11) is -2.00. The summed E-state index contributed by atoms with van der Waals surface area (Å²) in [5, 5.41) is 5.70. The van der Waals surface area contributed by atoms with Crippen molar-refractivity contribution in [2.24, 2.45) is 5.92 Å². The van der Waals surface area contributed by atoms with Gasteiger partial charge in [0.05, 0.1) is 30.8 Å². The topological polar surface area (TPSA) is 142 Å². The largest absolute Gasteiger partial charge is 0.493 e. The molecule has 4 rings (SSSR count). The Morgan fingerprint density at radius 2 is 1.84 bits per heavy atom. The number of carbonyl (C=O) groups is 1. The zero-order chi connectivity index (χ0) is 26.4. The minimum atomic E-state index is -3.60. The second-order valence-electron chi connectivity index (χ2n) is 8.69. The predicted octanol–water partition coefficient (Wildman–Crippen LogP) is 3.46. The van der Waals surface area contributed by atoms with E-state index in [4.69, 9.17) is 14.2 Å². The van der Waals surface area contributed by atoms with E-state index in [0.717, 1.165) is 19.1 Å². The molecule has 0 aliphatic heterocycles. The van der Waals surface area contributed by atoms with Crippen molar-refractivity contribution in [2.75, 3.05) is 43.8 Å². The van der Waals surface area contributed by atoms with Crippen LogP contribution in [0.5, 0.6) is 11.5 Å². The van der Waals surface area contributed by atoms with Crippen LogP contribution in [-0.2, 0) is 19.4 Å². The molecule has 11 nitrogen and oxygen atoms in total. The smallest absolute Gasteiger partial charge is 0.222 e. The zero-order valence-electron chi connectivity index (χ0n) is 20.9. The number of anilines is 3. The third-order valence-electron chi connectivity index (χ3n) is 5.38. The molecule has 2 N–H and O–H groups in total. The number of sulfone groups is 1. The molecule has 0 unspecified atom stereocenters. The fourth-order valence-corrected chi connectivity index (χ4v) is 3.93. The van der Waals surface area contributed by atoms with E-state index >= 15 is 0 Å². The van der Waals surface area contributed by atoms with Crippen LogP contribution in [0, 0.1) is 5.92 Å². The number of carbonyl (C=O) groups excluding carboxylic acids is 1. The average Bonchev–Trinajstić information content (AvgIpc) is 3.67. The van der Waals surface area contributed by atoms with Crippen LogP contribution in [0.1, 0.15) is 19.8 Å². The molecular weight excluding hydrogens is 498 g/mol. The second kappa shape index (κ2) is 11.5. The lowest BCUT2D eigenvalue weighted by molar-refractivity contribution is -0.114. The third kappa shape index (κ3) is 7.61. The molecule has 3 aromatic rings. The highest BCUT2D eigenvalue weighted by molar-refractivity contribution is 7.90. The molecule has 1 aliphatic rings. The van der Waals surface area contributed by atoms with Gasteiger partial charge in [0.15, 0.2) is 14.9 Å². The molecule has 196 valence electrons. The molecule has 1 aliphatic carbocycles. The van der Waals surface area contributed by atoms with Gasteiger partial charge in [-0.25, -0.2) is 18.4 Å². The first-order chi connectivity index (χ1) is 17.7. The predicted molar refractivity (Wildman–Crippen MR) is 138 cm³/mol. The van der Waals surface area contributed by atoms with Crippen molar-refractivity contribution in [3.05, 3.63) is 42.7 Å². The number of pyridine rings is 3. The van der Waals surface area contributed by atoms with Gasteiger partial charge in [0.25, 0.3) is 0 Å². The van der Waals surface area contributed by atoms with Gasteiger partial charge in [-0.05, 0) is 30.9 Å². The lowest BCUT2D eigenvalue weighted by atomic mass is 10.1. The molecule has 12 heteroatoms. The molecule has 1 saturated carbocycles. The van der Waals surface area contributed by atoms with Gasteiger partial charge < -0.3 is 24.8 Å². The molecule has 3 aromatic heterocycles. The highest BCUT2D eigenvalue weighted by Crippen LogP contribution is 2.33. The monoisotopic (exact) mass is 527 g/mol. The third-order valence-corrected chi connectivity index (χ3v) is 6.35. The maximum atomic E-state index is 12.3. The highest BCUT2D eigenvalue weighted by Gasteiger charge is 2.23. The van der Waals surface area contributed by atoms with Crippen molar-refractivity contribution in [3.8, 4) is 22.8 Å². The van der Waals surface area contributed by atoms with Gasteiger partial charge in [-0.15, -0.1) is 0 Å². The minimum Gasteiger partial charge on any atom is -0.493 e. The van der Waals surface area contributed by atoms with Gasteiger partial charge in [-0.3, -0.25) is 9.78 Å². The van der Waals surface area contributed by atoms with E-state index in [2.05, 4.69) is 25.6 Å². The summed E-state index contributed by atoms with van der Waals surface area (Å²) in [6.07, 6.45) is 6.45. The number of hydrogen-bond donors (Lipinski definition) is 2. The summed E-state index contributed by atoms with van der Waals surface area (Å²) in [6.45, 7) is 2.75. The maximum absolute atomic E-state index is 12.3. The molecule has 3 heterocycles. The Balaban J connectivity index is 1.68. The molecule has 37 heavy (non-hydrogen) atoms. The van der Waals surface area contributed by atoms with E-state index in [1.54, 1.807) is 43.8 Å². The first kappa shape index (κ1) is 26.3. The van der Waals surface area contributed by atoms with Gasteiger partial charge in [-0.1, -0.05) is 0 Å². The quantitative estimate of drug-likeness (QED) is 0.336. The van der Waals surface area contributed by atoms with Crippen molar-refractivity contribution in [2.45, 2.75) is 24.8 Å². The van der Waals surface area contributed by atoms with Gasteiger partial charge in [-0.2, -0.15) is 0 Å². The number of methoxy groups -OCH3 is 1. The molecule has 1 amide bonds. The summed E-state index contributed by atoms with van der Waals surface area (Å²) >= 11 is 0. The van der Waals surface area contributed by atoms with Crippen molar-refractivity contribution in [1.82, 2.24) is 15.0 Å². The fraction of sp³-hybridized carbons (Fsp3) is 0.360. The van der Waals surface area contributed by atoms with Crippen LogP contribution in [0.25, 0.3) is 11.3 Å². The molecule has 0 spiro atoms. The Labute approximate surface area is 215 Å². The number of nitrogens with zero attached hydrogens (tertiary/aromatic N) is 3. The summed E-state index contributed by atoms with van der Waals surface area (Å²) in [5.74, 6) is 1.76. The molecule has 0 aromatic carbocycles. The van der Waals surface area contributed by atoms with Gasteiger partial charge in [0, 0.05) is 50.2 Å². The Morgan fingerprint density at radius 3 is 2.49 bits per heavy atom. The number of ether oxygens (including phenoxy) is 3. The van der Waals surface area contributed by atoms with Crippen molar-refractivity contribution < 1.29 is 27.4 Å². The fourth-order valence-electron chi connectivity index (χ4n) is 3.33. The van der Waals surface area contributed by atoms with Crippen LogP contribution in [0.2, 0.25) is 0 Å². The van der Waals surface area contributed by atoms with Crippen LogP contribution in [0.15, 0.2) is 47.8 Å². The average molecular weight is 528 g/mol. The van der Waals surface area contributed by atoms with E-state index in [1.807, 2.05) is 0 Å². The number of nitrogens with one attached hydrogen (secondary N) is 2. The Hall–Kier alpha value is -3.77. The van der Waals surface area contributed by atoms with Gasteiger partial charge in [0.2, 0.25) is 5.91 Å². The minimum absolute atomic E-state index is 0.114. The van der Waals surface area contributed by atoms with Crippen molar-refractivity contribution in [3.63, 3.8) is 0 Å². The highest BCUT2D eigenvalue weighted by atomic mass is 32.2. The molecular formula is C25H29N5O6S. The Kier molecular flexibility index (Phi) is 8.19. The van der Waals surface area contributed by atoms with Crippen molar-refractivity contribution in [1.29, 1.82) is 0 Å². The standard InChI is InChI=1S/C25H29N5O6S/c1-16(31)28-23-12-22(20(14-27-23)21-7-6-18(13-26-21)35-9-8-34-2)29-24-10-19(36-15-17-4-5-17)11-25(30-24)37(3,32)33/h6-7,10-14,17H,4-5,8-9,15H2,1-3H3,(H2,27,28,29,30,31). The van der Waals surface area contributed by atoms with Crippen LogP contribution in [-0.4, -0.2) is 62.5 Å². The van der Waals surface area contributed by atoms with Gasteiger partial charge >= 0.3 is 0 Å². The maximum Gasteiger partial charge on any atom is 0.222 e. The Morgan fingerprint density at radius 1 is 1.03 bits per heavy atom. The lowest BCUT2D eigenvalue weighted by Crippen LogP contribution is -2.09. The number of hydrogen-bond acceptors (Lipinski definition) is 10. The van der Waals surface area contributed by atoms with Crippen LogP contribution >= 0.6 is 0 Å².